The minimum Gasteiger partial charge on any atom is -0.383 e. The third-order valence-corrected chi connectivity index (χ3v) is 3.25. The molecule has 0 fully saturated rings. The van der Waals surface area contributed by atoms with Crippen LogP contribution in [0.5, 0.6) is 0 Å². The molecule has 0 radical (unpaired) electrons. The van der Waals surface area contributed by atoms with Crippen LogP contribution in [0.15, 0.2) is 0 Å². The van der Waals surface area contributed by atoms with E-state index < -0.39 is 0 Å². The maximum atomic E-state index is 5.20. The number of nitrogens with zero attached hydrogens (tertiary/aromatic N) is 1. The Morgan fingerprint density at radius 1 is 1.44 bits per heavy atom. The fourth-order valence-corrected chi connectivity index (χ4v) is 2.38. The van der Waals surface area contributed by atoms with E-state index >= 15 is 0 Å². The third-order valence-electron chi connectivity index (χ3n) is 3.25. The van der Waals surface area contributed by atoms with Gasteiger partial charge in [0.25, 0.3) is 0 Å². The van der Waals surface area contributed by atoms with Crippen LogP contribution in [0.3, 0.4) is 0 Å². The molecule has 0 amide bonds. The molecule has 0 aromatic heterocycles. The van der Waals surface area contributed by atoms with Gasteiger partial charge in [-0.1, -0.05) is 20.3 Å². The SMILES string of the molecule is CCCC(C)(CNC)CN(C)C(C)COC. The lowest BCUT2D eigenvalue weighted by Crippen LogP contribution is -2.44. The van der Waals surface area contributed by atoms with E-state index in [4.69, 9.17) is 4.74 Å². The van der Waals surface area contributed by atoms with Crippen molar-refractivity contribution in [2.24, 2.45) is 5.41 Å². The molecule has 2 unspecified atom stereocenters. The molecule has 0 heterocycles. The number of likely N-dealkylation sites (N-methyl/N-ethyl adjacent to an activating group) is 1. The molecule has 0 rings (SSSR count). The largest absolute Gasteiger partial charge is 0.383 e. The van der Waals surface area contributed by atoms with Crippen LogP contribution in [0.25, 0.3) is 0 Å². The van der Waals surface area contributed by atoms with Crippen molar-refractivity contribution in [1.29, 1.82) is 0 Å². The minimum absolute atomic E-state index is 0.361. The van der Waals surface area contributed by atoms with Crippen LogP contribution < -0.4 is 5.32 Å². The molecule has 2 atom stereocenters. The Bertz CT molecular complexity index is 167. The predicted molar refractivity (Wildman–Crippen MR) is 70.9 cm³/mol. The molecule has 0 saturated carbocycles. The van der Waals surface area contributed by atoms with Gasteiger partial charge in [-0.2, -0.15) is 0 Å². The molecule has 3 heteroatoms. The van der Waals surface area contributed by atoms with Gasteiger partial charge < -0.3 is 15.0 Å². The molecule has 0 aliphatic carbocycles. The number of hydrogen-bond donors (Lipinski definition) is 1. The van der Waals surface area contributed by atoms with Crippen molar-refractivity contribution in [3.8, 4) is 0 Å². The molecular formula is C13H30N2O. The minimum atomic E-state index is 0.361. The Morgan fingerprint density at radius 2 is 2.06 bits per heavy atom. The maximum absolute atomic E-state index is 5.20. The van der Waals surface area contributed by atoms with Crippen molar-refractivity contribution in [1.82, 2.24) is 10.2 Å². The van der Waals surface area contributed by atoms with E-state index in [0.29, 0.717) is 11.5 Å². The van der Waals surface area contributed by atoms with E-state index in [2.05, 4.69) is 38.0 Å². The Morgan fingerprint density at radius 3 is 2.50 bits per heavy atom. The second kappa shape index (κ2) is 8.04. The maximum Gasteiger partial charge on any atom is 0.0615 e. The highest BCUT2D eigenvalue weighted by atomic mass is 16.5. The summed E-state index contributed by atoms with van der Waals surface area (Å²) in [5.41, 5.74) is 0.361. The molecular weight excluding hydrogens is 200 g/mol. The first-order valence-electron chi connectivity index (χ1n) is 6.33. The summed E-state index contributed by atoms with van der Waals surface area (Å²) in [7, 11) is 5.99. The van der Waals surface area contributed by atoms with Gasteiger partial charge in [0.15, 0.2) is 0 Å². The van der Waals surface area contributed by atoms with Crippen molar-refractivity contribution >= 4 is 0 Å². The van der Waals surface area contributed by atoms with E-state index in [0.717, 1.165) is 19.7 Å². The molecule has 0 aliphatic heterocycles. The van der Waals surface area contributed by atoms with E-state index in [-0.39, 0.29) is 0 Å². The first kappa shape index (κ1) is 15.9. The van der Waals surface area contributed by atoms with E-state index in [1.807, 2.05) is 7.05 Å². The van der Waals surface area contributed by atoms with Crippen molar-refractivity contribution in [3.63, 3.8) is 0 Å². The lowest BCUT2D eigenvalue weighted by Gasteiger charge is -2.36. The van der Waals surface area contributed by atoms with Crippen LogP contribution in [0, 0.1) is 5.41 Å². The second-order valence-electron chi connectivity index (χ2n) is 5.31. The zero-order chi connectivity index (χ0) is 12.6. The monoisotopic (exact) mass is 230 g/mol. The van der Waals surface area contributed by atoms with Gasteiger partial charge in [-0.3, -0.25) is 0 Å². The van der Waals surface area contributed by atoms with Crippen molar-refractivity contribution in [2.45, 2.75) is 39.7 Å². The van der Waals surface area contributed by atoms with Gasteiger partial charge in [-0.05, 0) is 32.9 Å². The Labute approximate surface area is 102 Å². The van der Waals surface area contributed by atoms with Crippen molar-refractivity contribution < 1.29 is 4.74 Å². The molecule has 0 aromatic carbocycles. The second-order valence-corrected chi connectivity index (χ2v) is 5.31. The molecule has 0 bridgehead atoms. The highest BCUT2D eigenvalue weighted by molar-refractivity contribution is 4.80. The lowest BCUT2D eigenvalue weighted by atomic mass is 9.84. The first-order valence-corrected chi connectivity index (χ1v) is 6.33. The molecule has 0 aliphatic rings. The third kappa shape index (κ3) is 5.83. The van der Waals surface area contributed by atoms with Gasteiger partial charge >= 0.3 is 0 Å². The molecule has 0 aromatic rings. The summed E-state index contributed by atoms with van der Waals surface area (Å²) in [6, 6.07) is 0.484. The molecule has 98 valence electrons. The summed E-state index contributed by atoms with van der Waals surface area (Å²) in [5.74, 6) is 0. The van der Waals surface area contributed by atoms with Gasteiger partial charge in [0, 0.05) is 26.2 Å². The van der Waals surface area contributed by atoms with E-state index in [1.54, 1.807) is 7.11 Å². The summed E-state index contributed by atoms with van der Waals surface area (Å²) < 4.78 is 5.20. The van der Waals surface area contributed by atoms with Gasteiger partial charge in [-0.15, -0.1) is 0 Å². The Kier molecular flexibility index (Phi) is 7.98. The van der Waals surface area contributed by atoms with Crippen LogP contribution in [-0.2, 0) is 4.74 Å². The van der Waals surface area contributed by atoms with Crippen molar-refractivity contribution in [2.75, 3.05) is 40.9 Å². The molecule has 0 saturated heterocycles. The van der Waals surface area contributed by atoms with Crippen LogP contribution >= 0.6 is 0 Å². The Balaban J connectivity index is 4.26. The van der Waals surface area contributed by atoms with Crippen LogP contribution in [0.4, 0.5) is 0 Å². The topological polar surface area (TPSA) is 24.5 Å². The van der Waals surface area contributed by atoms with Gasteiger partial charge in [0.05, 0.1) is 6.61 Å². The van der Waals surface area contributed by atoms with Crippen LogP contribution in [0.2, 0.25) is 0 Å². The van der Waals surface area contributed by atoms with Crippen LogP contribution in [0.1, 0.15) is 33.6 Å². The van der Waals surface area contributed by atoms with Crippen molar-refractivity contribution in [3.05, 3.63) is 0 Å². The summed E-state index contributed by atoms with van der Waals surface area (Å²) in [6.45, 7) is 9.83. The molecule has 3 nitrogen and oxygen atoms in total. The molecule has 1 N–H and O–H groups in total. The number of rotatable bonds is 9. The average Bonchev–Trinajstić information content (AvgIpc) is 2.18. The summed E-state index contributed by atoms with van der Waals surface area (Å²) in [5, 5.41) is 3.31. The van der Waals surface area contributed by atoms with Gasteiger partial charge in [-0.25, -0.2) is 0 Å². The first-order chi connectivity index (χ1) is 7.49. The smallest absolute Gasteiger partial charge is 0.0615 e. The van der Waals surface area contributed by atoms with Gasteiger partial charge in [0.2, 0.25) is 0 Å². The number of ether oxygens (including phenoxy) is 1. The highest BCUT2D eigenvalue weighted by Gasteiger charge is 2.25. The lowest BCUT2D eigenvalue weighted by molar-refractivity contribution is 0.0824. The summed E-state index contributed by atoms with van der Waals surface area (Å²) in [6.07, 6.45) is 2.50. The quantitative estimate of drug-likeness (QED) is 0.655. The Hall–Kier alpha value is -0.120. The normalized spacial score (nSPS) is 17.4. The average molecular weight is 230 g/mol. The van der Waals surface area contributed by atoms with E-state index in [9.17, 15) is 0 Å². The zero-order valence-corrected chi connectivity index (χ0v) is 12.0. The number of hydrogen-bond acceptors (Lipinski definition) is 3. The number of nitrogens with one attached hydrogen (secondary N) is 1. The summed E-state index contributed by atoms with van der Waals surface area (Å²) >= 11 is 0. The fraction of sp³-hybridized carbons (Fsp3) is 1.00. The van der Waals surface area contributed by atoms with E-state index in [1.165, 1.54) is 12.8 Å². The molecule has 16 heavy (non-hydrogen) atoms. The van der Waals surface area contributed by atoms with Gasteiger partial charge in [0.1, 0.15) is 0 Å². The molecule has 0 spiro atoms. The predicted octanol–water partition coefficient (Wildman–Crippen LogP) is 1.98. The summed E-state index contributed by atoms with van der Waals surface area (Å²) in [4.78, 5) is 2.40. The zero-order valence-electron chi connectivity index (χ0n) is 12.0. The number of methoxy groups -OCH3 is 1. The highest BCUT2D eigenvalue weighted by Crippen LogP contribution is 2.24. The fourth-order valence-electron chi connectivity index (χ4n) is 2.38. The standard InChI is InChI=1S/C13H30N2O/c1-7-8-13(3,10-14-4)11-15(5)12(2)9-16-6/h12,14H,7-11H2,1-6H3. The van der Waals surface area contributed by atoms with Crippen LogP contribution in [-0.4, -0.2) is 51.8 Å².